The topological polar surface area (TPSA) is 34.0 Å². The van der Waals surface area contributed by atoms with E-state index >= 15 is 0 Å². The summed E-state index contributed by atoms with van der Waals surface area (Å²) >= 11 is 1.61. The fourth-order valence-corrected chi connectivity index (χ4v) is 3.69. The summed E-state index contributed by atoms with van der Waals surface area (Å²) in [5.41, 5.74) is 2.48. The number of rotatable bonds is 7. The van der Waals surface area contributed by atoms with Gasteiger partial charge in [0.1, 0.15) is 0 Å². The van der Waals surface area contributed by atoms with Gasteiger partial charge in [0, 0.05) is 35.1 Å². The first-order chi connectivity index (χ1) is 11.8. The molecule has 0 bridgehead atoms. The Bertz CT molecular complexity index is 811. The van der Waals surface area contributed by atoms with Gasteiger partial charge in [-0.3, -0.25) is 4.79 Å². The summed E-state index contributed by atoms with van der Waals surface area (Å²) in [6.45, 7) is 3.75. The molecular weight excluding hydrogens is 316 g/mol. The number of fused-ring (bicyclic) bond motifs is 1. The van der Waals surface area contributed by atoms with E-state index in [1.165, 1.54) is 21.4 Å². The first-order valence-corrected chi connectivity index (χ1v) is 9.28. The van der Waals surface area contributed by atoms with Crippen LogP contribution in [0.2, 0.25) is 0 Å². The van der Waals surface area contributed by atoms with Crippen molar-refractivity contribution in [1.29, 1.82) is 0 Å². The zero-order chi connectivity index (χ0) is 16.8. The van der Waals surface area contributed by atoms with E-state index in [0.717, 1.165) is 13.0 Å². The number of aryl methyl sites for hydroxylation is 1. The Hall–Kier alpha value is -2.20. The van der Waals surface area contributed by atoms with E-state index < -0.39 is 0 Å². The molecule has 1 heterocycles. The monoisotopic (exact) mass is 338 g/mol. The van der Waals surface area contributed by atoms with Gasteiger partial charge in [-0.2, -0.15) is 0 Å². The summed E-state index contributed by atoms with van der Waals surface area (Å²) in [5, 5.41) is 4.23. The zero-order valence-electron chi connectivity index (χ0n) is 13.9. The maximum Gasteiger partial charge on any atom is 0.230 e. The van der Waals surface area contributed by atoms with Gasteiger partial charge in [-0.1, -0.05) is 48.5 Å². The van der Waals surface area contributed by atoms with Gasteiger partial charge in [-0.25, -0.2) is 0 Å². The lowest BCUT2D eigenvalue weighted by atomic mass is 10.1. The third-order valence-corrected chi connectivity index (χ3v) is 5.07. The van der Waals surface area contributed by atoms with Crippen LogP contribution < -0.4 is 5.32 Å². The van der Waals surface area contributed by atoms with Crippen LogP contribution >= 0.6 is 11.8 Å². The number of benzene rings is 2. The van der Waals surface area contributed by atoms with Crippen molar-refractivity contribution in [3.8, 4) is 0 Å². The minimum atomic E-state index is 0.0873. The molecule has 3 nitrogen and oxygen atoms in total. The number of carbonyl (C=O) groups excluding carboxylic acids is 1. The van der Waals surface area contributed by atoms with Gasteiger partial charge in [-0.15, -0.1) is 11.8 Å². The molecule has 0 radical (unpaired) electrons. The van der Waals surface area contributed by atoms with Gasteiger partial charge in [0.05, 0.1) is 5.75 Å². The maximum atomic E-state index is 12.1. The van der Waals surface area contributed by atoms with Crippen LogP contribution in [0.3, 0.4) is 0 Å². The molecule has 1 amide bonds. The van der Waals surface area contributed by atoms with Crippen LogP contribution in [0.25, 0.3) is 10.9 Å². The molecule has 0 fully saturated rings. The van der Waals surface area contributed by atoms with Gasteiger partial charge in [-0.05, 0) is 25.0 Å². The molecule has 1 N–H and O–H groups in total. The van der Waals surface area contributed by atoms with Gasteiger partial charge in [0.15, 0.2) is 0 Å². The Labute approximate surface area is 147 Å². The van der Waals surface area contributed by atoms with Crippen molar-refractivity contribution in [2.45, 2.75) is 24.8 Å². The summed E-state index contributed by atoms with van der Waals surface area (Å²) in [4.78, 5) is 13.3. The van der Waals surface area contributed by atoms with Gasteiger partial charge < -0.3 is 9.88 Å². The van der Waals surface area contributed by atoms with E-state index in [2.05, 4.69) is 53.3 Å². The second kappa shape index (κ2) is 8.06. The summed E-state index contributed by atoms with van der Waals surface area (Å²) in [7, 11) is 0. The largest absolute Gasteiger partial charge is 0.355 e. The number of nitrogens with zero attached hydrogens (tertiary/aromatic N) is 1. The van der Waals surface area contributed by atoms with Crippen LogP contribution in [0.1, 0.15) is 12.5 Å². The van der Waals surface area contributed by atoms with E-state index in [4.69, 9.17) is 0 Å². The lowest BCUT2D eigenvalue weighted by Gasteiger charge is -2.05. The quantitative estimate of drug-likeness (QED) is 0.658. The van der Waals surface area contributed by atoms with Crippen molar-refractivity contribution < 1.29 is 4.79 Å². The van der Waals surface area contributed by atoms with Gasteiger partial charge in [0.2, 0.25) is 5.91 Å². The Morgan fingerprint density at radius 3 is 2.62 bits per heavy atom. The number of nitrogens with one attached hydrogen (secondary N) is 1. The fourth-order valence-electron chi connectivity index (χ4n) is 2.77. The van der Waals surface area contributed by atoms with Crippen LogP contribution in [-0.2, 0) is 17.8 Å². The summed E-state index contributed by atoms with van der Waals surface area (Å²) < 4.78 is 2.23. The smallest absolute Gasteiger partial charge is 0.230 e. The number of amides is 1. The molecule has 4 heteroatoms. The third-order valence-electron chi connectivity index (χ3n) is 4.03. The number of carbonyl (C=O) groups is 1. The molecular formula is C20H22N2OS. The number of hydrogen-bond acceptors (Lipinski definition) is 2. The lowest BCUT2D eigenvalue weighted by Crippen LogP contribution is -2.27. The van der Waals surface area contributed by atoms with E-state index in [1.54, 1.807) is 11.8 Å². The predicted molar refractivity (Wildman–Crippen MR) is 101 cm³/mol. The molecule has 124 valence electrons. The second-order valence-corrected chi connectivity index (χ2v) is 6.69. The fraction of sp³-hybridized carbons (Fsp3) is 0.250. The normalized spacial score (nSPS) is 10.9. The highest BCUT2D eigenvalue weighted by molar-refractivity contribution is 8.00. The first-order valence-electron chi connectivity index (χ1n) is 8.29. The Morgan fingerprint density at radius 1 is 1.08 bits per heavy atom. The van der Waals surface area contributed by atoms with E-state index in [9.17, 15) is 4.79 Å². The van der Waals surface area contributed by atoms with Crippen LogP contribution in [0.5, 0.6) is 0 Å². The van der Waals surface area contributed by atoms with Crippen LogP contribution in [-0.4, -0.2) is 22.8 Å². The average Bonchev–Trinajstić information content (AvgIpc) is 2.99. The minimum Gasteiger partial charge on any atom is -0.355 e. The minimum absolute atomic E-state index is 0.0873. The average molecular weight is 338 g/mol. The highest BCUT2D eigenvalue weighted by atomic mass is 32.2. The molecule has 0 saturated carbocycles. The molecule has 0 aliphatic carbocycles. The van der Waals surface area contributed by atoms with E-state index in [-0.39, 0.29) is 5.91 Å². The van der Waals surface area contributed by atoms with Crippen molar-refractivity contribution in [1.82, 2.24) is 9.88 Å². The van der Waals surface area contributed by atoms with Crippen molar-refractivity contribution >= 4 is 28.6 Å². The first kappa shape index (κ1) is 16.7. The van der Waals surface area contributed by atoms with Crippen LogP contribution in [0, 0.1) is 0 Å². The molecule has 0 atom stereocenters. The Balaban J connectivity index is 1.53. The second-order valence-electron chi connectivity index (χ2n) is 5.67. The molecule has 0 aliphatic rings. The Kier molecular flexibility index (Phi) is 5.59. The van der Waals surface area contributed by atoms with Crippen molar-refractivity contribution in [2.24, 2.45) is 0 Å². The standard InChI is InChI=1S/C20H22N2OS/c1-2-22-14-19(17-10-6-7-11-18(17)22)24-15-20(23)21-13-12-16-8-4-3-5-9-16/h3-11,14H,2,12-13,15H2,1H3,(H,21,23). The van der Waals surface area contributed by atoms with Crippen molar-refractivity contribution in [3.05, 3.63) is 66.4 Å². The maximum absolute atomic E-state index is 12.1. The number of hydrogen-bond donors (Lipinski definition) is 1. The third kappa shape index (κ3) is 4.01. The molecule has 3 rings (SSSR count). The van der Waals surface area contributed by atoms with E-state index in [0.29, 0.717) is 12.3 Å². The number of para-hydroxylation sites is 1. The highest BCUT2D eigenvalue weighted by Crippen LogP contribution is 2.29. The molecule has 0 saturated heterocycles. The van der Waals surface area contributed by atoms with Gasteiger partial charge in [0.25, 0.3) is 0 Å². The van der Waals surface area contributed by atoms with Gasteiger partial charge >= 0.3 is 0 Å². The van der Waals surface area contributed by atoms with Crippen LogP contribution in [0.4, 0.5) is 0 Å². The summed E-state index contributed by atoms with van der Waals surface area (Å²) in [6.07, 6.45) is 3.01. The molecule has 0 unspecified atom stereocenters. The van der Waals surface area contributed by atoms with E-state index in [1.807, 2.05) is 24.3 Å². The summed E-state index contributed by atoms with van der Waals surface area (Å²) in [5.74, 6) is 0.538. The molecule has 2 aromatic carbocycles. The molecule has 0 aliphatic heterocycles. The molecule has 24 heavy (non-hydrogen) atoms. The molecule has 3 aromatic rings. The van der Waals surface area contributed by atoms with Crippen molar-refractivity contribution in [3.63, 3.8) is 0 Å². The number of aromatic nitrogens is 1. The molecule has 1 aromatic heterocycles. The predicted octanol–water partition coefficient (Wildman–Crippen LogP) is 4.11. The van der Waals surface area contributed by atoms with Crippen molar-refractivity contribution in [2.75, 3.05) is 12.3 Å². The lowest BCUT2D eigenvalue weighted by molar-refractivity contribution is -0.118. The molecule has 0 spiro atoms. The zero-order valence-corrected chi connectivity index (χ0v) is 14.7. The SMILES string of the molecule is CCn1cc(SCC(=O)NCCc2ccccc2)c2ccccc21. The summed E-state index contributed by atoms with van der Waals surface area (Å²) in [6, 6.07) is 18.6. The Morgan fingerprint density at radius 2 is 1.83 bits per heavy atom. The highest BCUT2D eigenvalue weighted by Gasteiger charge is 2.09. The van der Waals surface area contributed by atoms with Crippen LogP contribution in [0.15, 0.2) is 65.7 Å². The number of thioether (sulfide) groups is 1.